The van der Waals surface area contributed by atoms with Crippen molar-refractivity contribution in [1.82, 2.24) is 25.4 Å². The van der Waals surface area contributed by atoms with Crippen LogP contribution < -0.4 is 21.8 Å². The molecule has 0 unspecified atom stereocenters. The lowest BCUT2D eigenvalue weighted by atomic mass is 9.99. The van der Waals surface area contributed by atoms with Crippen LogP contribution in [0.15, 0.2) is 21.3 Å². The zero-order valence-electron chi connectivity index (χ0n) is 20.5. The first-order valence-electron chi connectivity index (χ1n) is 11.0. The van der Waals surface area contributed by atoms with Crippen LogP contribution in [0.1, 0.15) is 31.8 Å². The Hall–Kier alpha value is -3.50. The van der Waals surface area contributed by atoms with E-state index in [-0.39, 0.29) is 34.2 Å². The highest BCUT2D eigenvalue weighted by molar-refractivity contribution is 6.08. The number of nitrogens with two attached hydrogens (primary N) is 1. The van der Waals surface area contributed by atoms with Gasteiger partial charge in [-0.05, 0) is 53.7 Å². The number of likely N-dealkylation sites (N-methyl/N-ethyl adjacent to an activating group) is 2. The molecule has 0 radical (unpaired) electrons. The third-order valence-corrected chi connectivity index (χ3v) is 5.56. The maximum Gasteiger partial charge on any atom is 0.255 e. The molecule has 2 aliphatic rings. The molecule has 34 heavy (non-hydrogen) atoms. The van der Waals surface area contributed by atoms with Gasteiger partial charge >= 0.3 is 0 Å². The second kappa shape index (κ2) is 10.2. The largest absolute Gasteiger partial charge is 0.452 e. The molecule has 0 saturated carbocycles. The van der Waals surface area contributed by atoms with E-state index < -0.39 is 11.3 Å². The highest BCUT2D eigenvalue weighted by atomic mass is 16.3. The smallest absolute Gasteiger partial charge is 0.255 e. The highest BCUT2D eigenvalue weighted by Gasteiger charge is 2.28. The first-order chi connectivity index (χ1) is 16.0. The van der Waals surface area contributed by atoms with Gasteiger partial charge in [0, 0.05) is 31.7 Å². The summed E-state index contributed by atoms with van der Waals surface area (Å²) in [5, 5.41) is 5.66. The molecule has 4 N–H and O–H groups in total. The van der Waals surface area contributed by atoms with Crippen LogP contribution in [-0.4, -0.2) is 81.0 Å². The number of carbonyl (C=O) groups excluding carboxylic acids is 2. The molecule has 1 heterocycles. The number of fused-ring (bicyclic) bond motifs is 2. The number of aryl methyl sites for hydroxylation is 1. The average molecular weight is 469 g/mol. The van der Waals surface area contributed by atoms with E-state index in [0.717, 1.165) is 5.56 Å². The van der Waals surface area contributed by atoms with E-state index >= 15 is 0 Å². The van der Waals surface area contributed by atoms with Gasteiger partial charge in [0.15, 0.2) is 11.3 Å². The predicted octanol–water partition coefficient (Wildman–Crippen LogP) is 1.07. The number of nitrogens with zero attached hydrogens (tertiary/aromatic N) is 3. The molecule has 0 fully saturated rings. The fourth-order valence-corrected chi connectivity index (χ4v) is 3.58. The van der Waals surface area contributed by atoms with Gasteiger partial charge in [0.2, 0.25) is 5.43 Å². The van der Waals surface area contributed by atoms with E-state index in [0.29, 0.717) is 42.8 Å². The standard InChI is InChI=1S/C24H32N6O4/c1-13-7-8-15(23(32)26-9-11-29(3)4)18-21(13)34-22-14(2)20(31)17(25)16(19(22)28-18)24(33)27-10-12-30(5)6/h7-8H,9-12,25H2,1-6H3,(H,26,32)(H,27,33). The summed E-state index contributed by atoms with van der Waals surface area (Å²) in [4.78, 5) is 47.3. The molecular weight excluding hydrogens is 436 g/mol. The van der Waals surface area contributed by atoms with Crippen molar-refractivity contribution in [3.63, 3.8) is 0 Å². The van der Waals surface area contributed by atoms with E-state index in [9.17, 15) is 14.4 Å². The van der Waals surface area contributed by atoms with Crippen LogP contribution in [0.4, 0.5) is 5.69 Å². The summed E-state index contributed by atoms with van der Waals surface area (Å²) in [5.74, 6) is -0.651. The maximum atomic E-state index is 13.0. The first-order valence-corrected chi connectivity index (χ1v) is 11.0. The molecular formula is C24H32N6O4. The Morgan fingerprint density at radius 2 is 1.59 bits per heavy atom. The SMILES string of the molecule is Cc1c2oc3c(C)ccc(C(=O)NCCN(C)C)c3nc-2c(C(=O)NCCN(C)C)c(N)c1=O. The molecule has 1 aromatic rings. The highest BCUT2D eigenvalue weighted by Crippen LogP contribution is 2.34. The van der Waals surface area contributed by atoms with Crippen molar-refractivity contribution in [1.29, 1.82) is 0 Å². The number of hydrogen-bond acceptors (Lipinski definition) is 8. The number of hydrogen-bond donors (Lipinski definition) is 3. The molecule has 1 aromatic carbocycles. The van der Waals surface area contributed by atoms with Gasteiger partial charge in [-0.15, -0.1) is 0 Å². The van der Waals surface area contributed by atoms with E-state index in [1.807, 2.05) is 44.9 Å². The number of benzene rings is 2. The normalized spacial score (nSPS) is 11.5. The lowest BCUT2D eigenvalue weighted by molar-refractivity contribution is 0.0944. The molecule has 10 heteroatoms. The zero-order chi connectivity index (χ0) is 25.2. The van der Waals surface area contributed by atoms with Gasteiger partial charge in [-0.25, -0.2) is 4.98 Å². The quantitative estimate of drug-likeness (QED) is 0.330. The molecule has 0 atom stereocenters. The van der Waals surface area contributed by atoms with E-state index in [4.69, 9.17) is 10.2 Å². The molecule has 0 aromatic heterocycles. The van der Waals surface area contributed by atoms with Crippen molar-refractivity contribution in [3.05, 3.63) is 44.6 Å². The Kier molecular flexibility index (Phi) is 7.53. The number of anilines is 1. The number of rotatable bonds is 8. The van der Waals surface area contributed by atoms with Gasteiger partial charge in [0.25, 0.3) is 11.8 Å². The average Bonchev–Trinajstić information content (AvgIpc) is 2.76. The van der Waals surface area contributed by atoms with Gasteiger partial charge in [0.1, 0.15) is 11.2 Å². The maximum absolute atomic E-state index is 13.0. The lowest BCUT2D eigenvalue weighted by Crippen LogP contribution is -2.34. The fourth-order valence-electron chi connectivity index (χ4n) is 3.58. The Morgan fingerprint density at radius 1 is 1.00 bits per heavy atom. The van der Waals surface area contributed by atoms with Crippen LogP contribution in [0.3, 0.4) is 0 Å². The zero-order valence-corrected chi connectivity index (χ0v) is 20.5. The summed E-state index contributed by atoms with van der Waals surface area (Å²) >= 11 is 0. The number of nitrogens with one attached hydrogen (secondary N) is 2. The summed E-state index contributed by atoms with van der Waals surface area (Å²) in [5.41, 5.74) is 7.51. The monoisotopic (exact) mass is 468 g/mol. The van der Waals surface area contributed by atoms with Crippen molar-refractivity contribution >= 4 is 28.6 Å². The van der Waals surface area contributed by atoms with Gasteiger partial charge in [-0.1, -0.05) is 6.07 Å². The molecule has 0 bridgehead atoms. The molecule has 2 amide bonds. The second-order valence-electron chi connectivity index (χ2n) is 8.86. The third kappa shape index (κ3) is 5.02. The topological polar surface area (TPSA) is 134 Å². The first kappa shape index (κ1) is 25.1. The Morgan fingerprint density at radius 3 is 2.18 bits per heavy atom. The number of nitrogen functional groups attached to an aromatic ring is 1. The molecule has 0 saturated heterocycles. The number of aromatic nitrogens is 1. The summed E-state index contributed by atoms with van der Waals surface area (Å²) in [6, 6.07) is 3.44. The second-order valence-corrected chi connectivity index (χ2v) is 8.86. The predicted molar refractivity (Wildman–Crippen MR) is 133 cm³/mol. The summed E-state index contributed by atoms with van der Waals surface area (Å²) in [7, 11) is 7.61. The Labute approximate surface area is 198 Å². The number of carbonyl (C=O) groups is 2. The summed E-state index contributed by atoms with van der Waals surface area (Å²) in [6.45, 7) is 5.51. The summed E-state index contributed by atoms with van der Waals surface area (Å²) < 4.78 is 6.12. The molecule has 1 aliphatic carbocycles. The van der Waals surface area contributed by atoms with Crippen LogP contribution in [0.5, 0.6) is 0 Å². The molecule has 0 spiro atoms. The van der Waals surface area contributed by atoms with Crippen LogP contribution in [0.25, 0.3) is 22.6 Å². The molecule has 182 valence electrons. The molecule has 3 rings (SSSR count). The van der Waals surface area contributed by atoms with Crippen molar-refractivity contribution in [2.75, 3.05) is 60.1 Å². The van der Waals surface area contributed by atoms with Gasteiger partial charge in [-0.2, -0.15) is 0 Å². The van der Waals surface area contributed by atoms with Crippen molar-refractivity contribution in [3.8, 4) is 11.5 Å². The van der Waals surface area contributed by atoms with Crippen molar-refractivity contribution in [2.45, 2.75) is 13.8 Å². The Balaban J connectivity index is 2.19. The minimum absolute atomic E-state index is 0.0459. The van der Waals surface area contributed by atoms with Gasteiger partial charge in [0.05, 0.1) is 16.8 Å². The van der Waals surface area contributed by atoms with Crippen LogP contribution in [-0.2, 0) is 0 Å². The van der Waals surface area contributed by atoms with Crippen molar-refractivity contribution in [2.24, 2.45) is 0 Å². The van der Waals surface area contributed by atoms with E-state index in [1.165, 1.54) is 0 Å². The lowest BCUT2D eigenvalue weighted by Gasteiger charge is -2.18. The van der Waals surface area contributed by atoms with Crippen LogP contribution >= 0.6 is 0 Å². The van der Waals surface area contributed by atoms with Crippen LogP contribution in [0, 0.1) is 13.8 Å². The van der Waals surface area contributed by atoms with E-state index in [2.05, 4.69) is 15.6 Å². The summed E-state index contributed by atoms with van der Waals surface area (Å²) in [6.07, 6.45) is 0. The minimum Gasteiger partial charge on any atom is -0.452 e. The van der Waals surface area contributed by atoms with Gasteiger partial charge in [-0.3, -0.25) is 14.4 Å². The van der Waals surface area contributed by atoms with Crippen molar-refractivity contribution < 1.29 is 14.0 Å². The third-order valence-electron chi connectivity index (χ3n) is 5.56. The molecule has 1 aliphatic heterocycles. The molecule has 10 nitrogen and oxygen atoms in total. The van der Waals surface area contributed by atoms with E-state index in [1.54, 1.807) is 19.1 Å². The van der Waals surface area contributed by atoms with Crippen LogP contribution in [0.2, 0.25) is 0 Å². The van der Waals surface area contributed by atoms with Gasteiger partial charge < -0.3 is 30.6 Å². The fraction of sp³-hybridized carbons (Fsp3) is 0.417. The number of amides is 2. The Bertz CT molecular complexity index is 1260. The minimum atomic E-state index is -0.520.